The summed E-state index contributed by atoms with van der Waals surface area (Å²) in [6.07, 6.45) is -2.03. The largest absolute Gasteiger partial charge is 0.437 e. The second kappa shape index (κ2) is 5.16. The molecule has 130 valence electrons. The van der Waals surface area contributed by atoms with Crippen LogP contribution in [0, 0.1) is 11.5 Å². The molecule has 0 unspecified atom stereocenters. The van der Waals surface area contributed by atoms with Gasteiger partial charge in [-0.25, -0.2) is 4.98 Å². The fourth-order valence-electron chi connectivity index (χ4n) is 2.90. The van der Waals surface area contributed by atoms with Gasteiger partial charge in [-0.05, 0) is 12.1 Å². The Morgan fingerprint density at radius 1 is 1.23 bits per heavy atom. The van der Waals surface area contributed by atoms with E-state index in [1.807, 2.05) is 0 Å². The average Bonchev–Trinajstić information content (AvgIpc) is 3.22. The third-order valence-electron chi connectivity index (χ3n) is 4.02. The second-order valence-electron chi connectivity index (χ2n) is 5.46. The number of para-hydroxylation sites is 1. The first-order chi connectivity index (χ1) is 12.3. The highest BCUT2D eigenvalue weighted by molar-refractivity contribution is 5.85. The van der Waals surface area contributed by atoms with Gasteiger partial charge in [-0.1, -0.05) is 17.3 Å². The predicted molar refractivity (Wildman–Crippen MR) is 83.0 cm³/mol. The lowest BCUT2D eigenvalue weighted by molar-refractivity contribution is -0.140. The van der Waals surface area contributed by atoms with Crippen LogP contribution in [0.25, 0.3) is 27.9 Å². The molecule has 11 heteroatoms. The molecule has 0 aliphatic heterocycles. The van der Waals surface area contributed by atoms with Crippen molar-refractivity contribution in [2.45, 2.75) is 6.18 Å². The molecule has 0 radical (unpaired) electrons. The number of aryl methyl sites for hydroxylation is 1. The minimum atomic E-state index is -4.84. The first kappa shape index (κ1) is 15.8. The monoisotopic (exact) mass is 359 g/mol. The molecule has 0 aliphatic carbocycles. The van der Waals surface area contributed by atoms with Crippen LogP contribution in [0.1, 0.15) is 5.69 Å². The quantitative estimate of drug-likeness (QED) is 0.516. The maximum absolute atomic E-state index is 13.3. The van der Waals surface area contributed by atoms with Crippen LogP contribution in [0.2, 0.25) is 0 Å². The number of alkyl halides is 3. The Balaban J connectivity index is 2.19. The molecule has 0 atom stereocenters. The molecule has 4 rings (SSSR count). The first-order valence-electron chi connectivity index (χ1n) is 7.22. The number of nitrogens with zero attached hydrogens (tertiary/aromatic N) is 7. The van der Waals surface area contributed by atoms with Crippen LogP contribution in [0.4, 0.5) is 13.2 Å². The van der Waals surface area contributed by atoms with Gasteiger partial charge in [0.1, 0.15) is 23.4 Å². The fourth-order valence-corrected chi connectivity index (χ4v) is 2.90. The molecule has 0 bridgehead atoms. The van der Waals surface area contributed by atoms with Crippen molar-refractivity contribution in [2.75, 3.05) is 0 Å². The number of hydrogen-bond donors (Lipinski definition) is 0. The number of halogens is 3. The Labute approximate surface area is 142 Å². The third kappa shape index (κ3) is 2.02. The number of rotatable bonds is 1. The van der Waals surface area contributed by atoms with E-state index in [2.05, 4.69) is 15.3 Å². The molecule has 8 nitrogen and oxygen atoms in total. The highest BCUT2D eigenvalue weighted by atomic mass is 19.4. The van der Waals surface area contributed by atoms with Crippen molar-refractivity contribution in [3.05, 3.63) is 46.6 Å². The zero-order valence-electron chi connectivity index (χ0n) is 13.1. The SMILES string of the molecule is Cn1c(=O)c2ccccc2n2cnc(-c3c(C(F)(F)F)nnn3C#N)c12. The lowest BCUT2D eigenvalue weighted by Crippen LogP contribution is -2.20. The van der Waals surface area contributed by atoms with Gasteiger partial charge < -0.3 is 0 Å². The van der Waals surface area contributed by atoms with Gasteiger partial charge in [-0.2, -0.15) is 18.4 Å². The summed E-state index contributed by atoms with van der Waals surface area (Å²) < 4.78 is 43.0. The van der Waals surface area contributed by atoms with Gasteiger partial charge in [-0.3, -0.25) is 13.8 Å². The molecule has 0 spiro atoms. The van der Waals surface area contributed by atoms with Crippen LogP contribution in [-0.4, -0.2) is 28.9 Å². The van der Waals surface area contributed by atoms with Crippen LogP contribution >= 0.6 is 0 Å². The zero-order chi connectivity index (χ0) is 18.6. The number of aromatic nitrogens is 6. The van der Waals surface area contributed by atoms with E-state index in [1.54, 1.807) is 24.3 Å². The van der Waals surface area contributed by atoms with Gasteiger partial charge in [0.15, 0.2) is 5.69 Å². The van der Waals surface area contributed by atoms with Gasteiger partial charge >= 0.3 is 6.18 Å². The van der Waals surface area contributed by atoms with Crippen molar-refractivity contribution in [1.82, 2.24) is 28.9 Å². The molecular formula is C15H8F3N7O. The van der Waals surface area contributed by atoms with Gasteiger partial charge in [0.2, 0.25) is 6.19 Å². The third-order valence-corrected chi connectivity index (χ3v) is 4.02. The lowest BCUT2D eigenvalue weighted by atomic mass is 10.2. The van der Waals surface area contributed by atoms with Crippen LogP contribution in [0.3, 0.4) is 0 Å². The number of benzene rings is 1. The summed E-state index contributed by atoms with van der Waals surface area (Å²) in [4.78, 5) is 16.6. The maximum Gasteiger partial charge on any atom is 0.437 e. The summed E-state index contributed by atoms with van der Waals surface area (Å²) in [5.41, 5.74) is -2.01. The topological polar surface area (TPSA) is 93.8 Å². The van der Waals surface area contributed by atoms with Gasteiger partial charge in [0, 0.05) is 7.05 Å². The highest BCUT2D eigenvalue weighted by Crippen LogP contribution is 2.36. The number of hydrogen-bond acceptors (Lipinski definition) is 5. The van der Waals surface area contributed by atoms with E-state index in [0.717, 1.165) is 0 Å². The van der Waals surface area contributed by atoms with Crippen molar-refractivity contribution >= 4 is 16.6 Å². The first-order valence-corrected chi connectivity index (χ1v) is 7.22. The Morgan fingerprint density at radius 3 is 2.65 bits per heavy atom. The van der Waals surface area contributed by atoms with E-state index in [1.165, 1.54) is 28.5 Å². The van der Waals surface area contributed by atoms with Crippen molar-refractivity contribution < 1.29 is 13.2 Å². The molecule has 3 heterocycles. The smallest absolute Gasteiger partial charge is 0.295 e. The summed E-state index contributed by atoms with van der Waals surface area (Å²) in [6, 6.07) is 6.64. The number of fused-ring (bicyclic) bond motifs is 3. The molecule has 0 fully saturated rings. The van der Waals surface area contributed by atoms with Crippen molar-refractivity contribution in [3.8, 4) is 17.6 Å². The van der Waals surface area contributed by atoms with E-state index in [9.17, 15) is 18.0 Å². The maximum atomic E-state index is 13.3. The number of nitriles is 1. The zero-order valence-corrected chi connectivity index (χ0v) is 13.1. The van der Waals surface area contributed by atoms with Crippen LogP contribution in [0.15, 0.2) is 35.4 Å². The van der Waals surface area contributed by atoms with Gasteiger partial charge in [0.25, 0.3) is 5.56 Å². The number of imidazole rings is 1. The van der Waals surface area contributed by atoms with Crippen LogP contribution < -0.4 is 5.56 Å². The molecule has 1 aromatic carbocycles. The fraction of sp³-hybridized carbons (Fsp3) is 0.133. The van der Waals surface area contributed by atoms with Crippen LogP contribution in [0.5, 0.6) is 0 Å². The van der Waals surface area contributed by atoms with E-state index < -0.39 is 23.1 Å². The van der Waals surface area contributed by atoms with Crippen molar-refractivity contribution in [1.29, 1.82) is 5.26 Å². The molecule has 0 N–H and O–H groups in total. The van der Waals surface area contributed by atoms with Crippen molar-refractivity contribution in [3.63, 3.8) is 0 Å². The van der Waals surface area contributed by atoms with Crippen molar-refractivity contribution in [2.24, 2.45) is 7.05 Å². The Morgan fingerprint density at radius 2 is 1.96 bits per heavy atom. The van der Waals surface area contributed by atoms with E-state index >= 15 is 0 Å². The molecule has 3 aromatic heterocycles. The summed E-state index contributed by atoms with van der Waals surface area (Å²) in [5.74, 6) is 0. The Hall–Kier alpha value is -3.68. The molecule has 0 saturated heterocycles. The summed E-state index contributed by atoms with van der Waals surface area (Å²) in [7, 11) is 1.42. The molecule has 26 heavy (non-hydrogen) atoms. The predicted octanol–water partition coefficient (Wildman–Crippen LogP) is 1.79. The normalized spacial score (nSPS) is 12.0. The van der Waals surface area contributed by atoms with E-state index in [4.69, 9.17) is 5.26 Å². The van der Waals surface area contributed by atoms with Gasteiger partial charge in [-0.15, -0.1) is 9.78 Å². The molecule has 0 saturated carbocycles. The minimum Gasteiger partial charge on any atom is -0.295 e. The second-order valence-corrected chi connectivity index (χ2v) is 5.46. The summed E-state index contributed by atoms with van der Waals surface area (Å²) >= 11 is 0. The Kier molecular flexibility index (Phi) is 3.14. The molecule has 0 amide bonds. The van der Waals surface area contributed by atoms with E-state index in [0.29, 0.717) is 15.6 Å². The lowest BCUT2D eigenvalue weighted by Gasteiger charge is -2.09. The van der Waals surface area contributed by atoms with E-state index in [-0.39, 0.29) is 11.3 Å². The van der Waals surface area contributed by atoms with Gasteiger partial charge in [0.05, 0.1) is 10.9 Å². The Bertz CT molecular complexity index is 1270. The molecular weight excluding hydrogens is 351 g/mol. The minimum absolute atomic E-state index is 0.0954. The van der Waals surface area contributed by atoms with Crippen LogP contribution in [-0.2, 0) is 13.2 Å². The summed E-state index contributed by atoms with van der Waals surface area (Å²) in [5, 5.41) is 15.8. The molecule has 0 aliphatic rings. The standard InChI is InChI=1S/C15H8F3N7O/c1-23-13-10(11-12(15(16,17)18)21-22-25(11)6-19)20-7-24(13)9-5-3-2-4-8(9)14(23)26/h2-5,7H,1H3. The molecule has 4 aromatic rings. The summed E-state index contributed by atoms with van der Waals surface area (Å²) in [6.45, 7) is 0. The average molecular weight is 359 g/mol. The highest BCUT2D eigenvalue weighted by Gasteiger charge is 2.40.